The molecule has 0 bridgehead atoms. The van der Waals surface area contributed by atoms with Gasteiger partial charge in [-0.15, -0.1) is 0 Å². The van der Waals surface area contributed by atoms with E-state index in [4.69, 9.17) is 4.74 Å². The molecule has 0 aliphatic heterocycles. The van der Waals surface area contributed by atoms with E-state index in [0.717, 1.165) is 16.6 Å². The number of benzene rings is 2. The number of rotatable bonds is 5. The van der Waals surface area contributed by atoms with Crippen LogP contribution in [0.25, 0.3) is 10.9 Å². The summed E-state index contributed by atoms with van der Waals surface area (Å²) in [5, 5.41) is 1.02. The van der Waals surface area contributed by atoms with Crippen molar-refractivity contribution in [1.29, 1.82) is 0 Å². The third-order valence-electron chi connectivity index (χ3n) is 3.80. The zero-order valence-electron chi connectivity index (χ0n) is 13.4. The number of carbonyl (C=O) groups excluding carboxylic acids is 2. The number of para-hydroxylation sites is 1. The average Bonchev–Trinajstić information content (AvgIpc) is 3.09. The van der Waals surface area contributed by atoms with Gasteiger partial charge in [-0.1, -0.05) is 24.3 Å². The lowest BCUT2D eigenvalue weighted by atomic mass is 10.2. The average molecular weight is 322 g/mol. The predicted molar refractivity (Wildman–Crippen MR) is 93.1 cm³/mol. The molecule has 1 amide bonds. The summed E-state index contributed by atoms with van der Waals surface area (Å²) in [6.45, 7) is 2.10. The molecule has 0 unspecified atom stereocenters. The van der Waals surface area contributed by atoms with Gasteiger partial charge in [-0.3, -0.25) is 4.79 Å². The second-order valence-electron chi connectivity index (χ2n) is 5.33. The fourth-order valence-electron chi connectivity index (χ4n) is 2.57. The Hall–Kier alpha value is -3.08. The van der Waals surface area contributed by atoms with Crippen molar-refractivity contribution in [2.24, 2.45) is 0 Å². The van der Waals surface area contributed by atoms with Gasteiger partial charge in [0.15, 0.2) is 6.61 Å². The van der Waals surface area contributed by atoms with Crippen LogP contribution < -0.4 is 4.90 Å². The van der Waals surface area contributed by atoms with Gasteiger partial charge in [-0.25, -0.2) is 4.79 Å². The molecule has 5 heteroatoms. The number of anilines is 1. The summed E-state index contributed by atoms with van der Waals surface area (Å²) < 4.78 is 5.18. The second kappa shape index (κ2) is 7.00. The molecule has 24 heavy (non-hydrogen) atoms. The first kappa shape index (κ1) is 15.8. The van der Waals surface area contributed by atoms with E-state index in [9.17, 15) is 9.59 Å². The molecule has 1 heterocycles. The normalized spacial score (nSPS) is 10.5. The molecular weight excluding hydrogens is 304 g/mol. The van der Waals surface area contributed by atoms with E-state index >= 15 is 0 Å². The predicted octanol–water partition coefficient (Wildman–Crippen LogP) is 3.38. The van der Waals surface area contributed by atoms with E-state index in [1.807, 2.05) is 55.6 Å². The minimum Gasteiger partial charge on any atom is -0.452 e. The number of likely N-dealkylation sites (N-methyl/N-ethyl adjacent to an activating group) is 1. The Morgan fingerprint density at radius 1 is 1.08 bits per heavy atom. The quantitative estimate of drug-likeness (QED) is 0.733. The molecule has 3 aromatic rings. The van der Waals surface area contributed by atoms with Gasteiger partial charge in [0.1, 0.15) is 0 Å². The van der Waals surface area contributed by atoms with Gasteiger partial charge < -0.3 is 14.6 Å². The number of amides is 1. The summed E-state index contributed by atoms with van der Waals surface area (Å²) >= 11 is 0. The van der Waals surface area contributed by atoms with Crippen molar-refractivity contribution in [3.63, 3.8) is 0 Å². The molecule has 1 N–H and O–H groups in total. The van der Waals surface area contributed by atoms with E-state index in [1.54, 1.807) is 17.0 Å². The monoisotopic (exact) mass is 322 g/mol. The summed E-state index contributed by atoms with van der Waals surface area (Å²) in [7, 11) is 0. The number of nitrogens with zero attached hydrogens (tertiary/aromatic N) is 1. The molecule has 0 radical (unpaired) electrons. The molecule has 0 aliphatic rings. The SMILES string of the molecule is CCN(C(=O)COC(=O)c1ccc2cc[nH]c2c1)c1ccccc1. The maximum atomic E-state index is 12.3. The molecule has 0 fully saturated rings. The van der Waals surface area contributed by atoms with Crippen LogP contribution in [0.15, 0.2) is 60.8 Å². The van der Waals surface area contributed by atoms with E-state index in [2.05, 4.69) is 4.98 Å². The van der Waals surface area contributed by atoms with Gasteiger partial charge in [0.2, 0.25) is 0 Å². The van der Waals surface area contributed by atoms with Crippen LogP contribution in [0.5, 0.6) is 0 Å². The number of fused-ring (bicyclic) bond motifs is 1. The molecule has 0 atom stereocenters. The maximum absolute atomic E-state index is 12.3. The first-order chi connectivity index (χ1) is 11.7. The molecule has 0 aliphatic carbocycles. The van der Waals surface area contributed by atoms with Crippen LogP contribution >= 0.6 is 0 Å². The highest BCUT2D eigenvalue weighted by atomic mass is 16.5. The van der Waals surface area contributed by atoms with Gasteiger partial charge in [0, 0.05) is 23.9 Å². The number of hydrogen-bond acceptors (Lipinski definition) is 3. The number of hydrogen-bond donors (Lipinski definition) is 1. The van der Waals surface area contributed by atoms with Gasteiger partial charge >= 0.3 is 5.97 Å². The highest BCUT2D eigenvalue weighted by Gasteiger charge is 2.17. The number of ether oxygens (including phenoxy) is 1. The smallest absolute Gasteiger partial charge is 0.338 e. The molecule has 122 valence electrons. The van der Waals surface area contributed by atoms with Crippen molar-refractivity contribution in [2.75, 3.05) is 18.1 Å². The molecule has 3 rings (SSSR count). The third kappa shape index (κ3) is 3.30. The Bertz CT molecular complexity index is 855. The Labute approximate surface area is 139 Å². The summed E-state index contributed by atoms with van der Waals surface area (Å²) in [6.07, 6.45) is 1.81. The minimum atomic E-state index is -0.510. The lowest BCUT2D eigenvalue weighted by Crippen LogP contribution is -2.34. The van der Waals surface area contributed by atoms with E-state index < -0.39 is 5.97 Å². The Balaban J connectivity index is 1.65. The summed E-state index contributed by atoms with van der Waals surface area (Å²) in [6, 6.07) is 16.5. The van der Waals surface area contributed by atoms with Crippen LogP contribution in [-0.4, -0.2) is 30.0 Å². The van der Waals surface area contributed by atoms with Crippen LogP contribution in [-0.2, 0) is 9.53 Å². The minimum absolute atomic E-state index is 0.252. The lowest BCUT2D eigenvalue weighted by Gasteiger charge is -2.20. The van der Waals surface area contributed by atoms with E-state index in [1.165, 1.54) is 0 Å². The van der Waals surface area contributed by atoms with Crippen molar-refractivity contribution in [3.8, 4) is 0 Å². The topological polar surface area (TPSA) is 62.4 Å². The van der Waals surface area contributed by atoms with Crippen molar-refractivity contribution in [1.82, 2.24) is 4.98 Å². The van der Waals surface area contributed by atoms with Crippen LogP contribution in [0.3, 0.4) is 0 Å². The van der Waals surface area contributed by atoms with E-state index in [-0.39, 0.29) is 12.5 Å². The third-order valence-corrected chi connectivity index (χ3v) is 3.80. The summed E-state index contributed by atoms with van der Waals surface area (Å²) in [4.78, 5) is 29.1. The standard InChI is InChI=1S/C19H18N2O3/c1-2-21(16-6-4-3-5-7-16)18(22)13-24-19(23)15-9-8-14-10-11-20-17(14)12-15/h3-12,20H,2,13H2,1H3. The molecule has 0 saturated heterocycles. The van der Waals surface area contributed by atoms with Crippen molar-refractivity contribution in [3.05, 3.63) is 66.4 Å². The Kier molecular flexibility index (Phi) is 4.61. The Morgan fingerprint density at radius 3 is 2.62 bits per heavy atom. The number of H-pyrrole nitrogens is 1. The second-order valence-corrected chi connectivity index (χ2v) is 5.33. The molecule has 0 spiro atoms. The summed E-state index contributed by atoms with van der Waals surface area (Å²) in [5.74, 6) is -0.762. The molecule has 0 saturated carbocycles. The number of aromatic nitrogens is 1. The zero-order valence-corrected chi connectivity index (χ0v) is 13.4. The Morgan fingerprint density at radius 2 is 1.88 bits per heavy atom. The number of nitrogens with one attached hydrogen (secondary N) is 1. The first-order valence-electron chi connectivity index (χ1n) is 7.78. The maximum Gasteiger partial charge on any atom is 0.338 e. The van der Waals surface area contributed by atoms with Crippen LogP contribution in [0.4, 0.5) is 5.69 Å². The molecule has 1 aromatic heterocycles. The first-order valence-corrected chi connectivity index (χ1v) is 7.78. The largest absolute Gasteiger partial charge is 0.452 e. The zero-order chi connectivity index (χ0) is 16.9. The number of carbonyl (C=O) groups is 2. The van der Waals surface area contributed by atoms with Crippen LogP contribution in [0.2, 0.25) is 0 Å². The summed E-state index contributed by atoms with van der Waals surface area (Å²) in [5.41, 5.74) is 2.06. The van der Waals surface area contributed by atoms with E-state index in [0.29, 0.717) is 12.1 Å². The van der Waals surface area contributed by atoms with Gasteiger partial charge in [-0.2, -0.15) is 0 Å². The van der Waals surface area contributed by atoms with Crippen LogP contribution in [0.1, 0.15) is 17.3 Å². The van der Waals surface area contributed by atoms with Gasteiger partial charge in [0.05, 0.1) is 5.56 Å². The van der Waals surface area contributed by atoms with Crippen molar-refractivity contribution < 1.29 is 14.3 Å². The van der Waals surface area contributed by atoms with Crippen molar-refractivity contribution in [2.45, 2.75) is 6.92 Å². The van der Waals surface area contributed by atoms with Crippen molar-refractivity contribution >= 4 is 28.5 Å². The molecule has 2 aromatic carbocycles. The highest BCUT2D eigenvalue weighted by molar-refractivity contribution is 5.98. The molecule has 5 nitrogen and oxygen atoms in total. The van der Waals surface area contributed by atoms with Gasteiger partial charge in [-0.05, 0) is 42.6 Å². The van der Waals surface area contributed by atoms with Crippen LogP contribution in [0, 0.1) is 0 Å². The lowest BCUT2D eigenvalue weighted by molar-refractivity contribution is -0.121. The number of aromatic amines is 1. The highest BCUT2D eigenvalue weighted by Crippen LogP contribution is 2.16. The molecular formula is C19H18N2O3. The van der Waals surface area contributed by atoms with Gasteiger partial charge in [0.25, 0.3) is 5.91 Å². The number of esters is 1. The fourth-order valence-corrected chi connectivity index (χ4v) is 2.57. The fraction of sp³-hybridized carbons (Fsp3) is 0.158.